The van der Waals surface area contributed by atoms with Gasteiger partial charge in [-0.2, -0.15) is 0 Å². The molecule has 20 nitrogen and oxygen atoms in total. The number of nitrogens with zero attached hydrogens (tertiary/aromatic N) is 8. The summed E-state index contributed by atoms with van der Waals surface area (Å²) in [6.45, 7) is 17.4. The van der Waals surface area contributed by atoms with Crippen LogP contribution in [0.25, 0.3) is 11.4 Å². The van der Waals surface area contributed by atoms with E-state index in [1.165, 1.54) is 0 Å². The van der Waals surface area contributed by atoms with Crippen molar-refractivity contribution in [1.29, 1.82) is 0 Å². The number of carbonyl (C=O) groups is 4. The smallest absolute Gasteiger partial charge is 0.264 e. The summed E-state index contributed by atoms with van der Waals surface area (Å²) in [7, 11) is -3.61. The van der Waals surface area contributed by atoms with E-state index in [1.54, 1.807) is 59.5 Å². The predicted molar refractivity (Wildman–Crippen MR) is 260 cm³/mol. The number of amides is 4. The van der Waals surface area contributed by atoms with Crippen LogP contribution in [0.5, 0.6) is 0 Å². The molecule has 3 N–H and O–H groups in total. The van der Waals surface area contributed by atoms with Crippen molar-refractivity contribution in [1.82, 2.24) is 44.7 Å². The van der Waals surface area contributed by atoms with Crippen LogP contribution < -0.4 is 16.0 Å². The fraction of sp³-hybridized carbons (Fsp3) is 0.490. The first-order valence-corrected chi connectivity index (χ1v) is 25.1. The highest BCUT2D eigenvalue weighted by Crippen LogP contribution is 2.38. The topological polar surface area (TPSA) is 244 Å². The summed E-state index contributed by atoms with van der Waals surface area (Å²) < 4.78 is 48.3. The zero-order valence-corrected chi connectivity index (χ0v) is 41.7. The van der Waals surface area contributed by atoms with E-state index < -0.39 is 44.9 Å². The van der Waals surface area contributed by atoms with E-state index in [1.807, 2.05) is 33.0 Å². The highest BCUT2D eigenvalue weighted by molar-refractivity contribution is 7.91. The number of anilines is 3. The number of imidazole rings is 1. The van der Waals surface area contributed by atoms with Gasteiger partial charge in [-0.1, -0.05) is 39.0 Å². The van der Waals surface area contributed by atoms with Gasteiger partial charge in [-0.3, -0.25) is 29.4 Å². The average molecular weight is 982 g/mol. The Morgan fingerprint density at radius 2 is 1.59 bits per heavy atom. The molecule has 2 aromatic carbocycles. The van der Waals surface area contributed by atoms with E-state index in [0.717, 1.165) is 27.8 Å². The van der Waals surface area contributed by atoms with Crippen LogP contribution in [0.4, 0.5) is 17.3 Å². The third-order valence-electron chi connectivity index (χ3n) is 11.9. The van der Waals surface area contributed by atoms with Crippen LogP contribution in [-0.2, 0) is 46.6 Å². The number of carbonyl (C=O) groups excluding carboxylic acids is 4. The van der Waals surface area contributed by atoms with Gasteiger partial charge in [-0.25, -0.2) is 28.1 Å². The number of sulfone groups is 1. The van der Waals surface area contributed by atoms with Gasteiger partial charge in [0.15, 0.2) is 9.84 Å². The van der Waals surface area contributed by atoms with Crippen LogP contribution in [0.15, 0.2) is 72.0 Å². The second-order valence-corrected chi connectivity index (χ2v) is 21.4. The summed E-state index contributed by atoms with van der Waals surface area (Å²) in [5.41, 5.74) is 3.17. The van der Waals surface area contributed by atoms with Gasteiger partial charge in [-0.05, 0) is 93.3 Å². The largest absolute Gasteiger partial charge is 0.382 e. The Labute approximate surface area is 408 Å². The number of hydrogen-bond donors (Lipinski definition) is 3. The first kappa shape index (κ1) is 51.4. The van der Waals surface area contributed by atoms with Gasteiger partial charge in [0, 0.05) is 42.8 Å². The number of ether oxygens (including phenoxy) is 3. The number of hydrogen-bond acceptors (Lipinski definition) is 16. The molecule has 7 rings (SSSR count). The highest BCUT2D eigenvalue weighted by Gasteiger charge is 2.45. The van der Waals surface area contributed by atoms with Gasteiger partial charge in [0.2, 0.25) is 17.8 Å². The molecule has 0 spiro atoms. The molecule has 2 aliphatic heterocycles. The number of imide groups is 2. The highest BCUT2D eigenvalue weighted by atomic mass is 32.2. The lowest BCUT2D eigenvalue weighted by Crippen LogP contribution is -2.54. The molecule has 0 radical (unpaired) electrons. The monoisotopic (exact) mass is 981 g/mol. The third-order valence-corrected chi connectivity index (χ3v) is 14.1. The second-order valence-electron chi connectivity index (χ2n) is 19.4. The van der Waals surface area contributed by atoms with Crippen LogP contribution >= 0.6 is 0 Å². The Bertz CT molecular complexity index is 2790. The Hall–Kier alpha value is -6.42. The molecule has 21 heteroatoms. The Kier molecular flexibility index (Phi) is 16.3. The molecule has 1 unspecified atom stereocenters. The maximum absolute atomic E-state index is 13.7. The van der Waals surface area contributed by atoms with E-state index >= 15 is 0 Å². The molecule has 2 aliphatic rings. The number of nitrogens with one attached hydrogen (secondary N) is 3. The standard InChI is InChI=1S/C49H63N11O9S/c1-32(2)59-33(3)52-28-41(59)38-17-18-51-47(54-38)53-34-11-13-36(14-12-34)70(65,66)31-49(6,7)30-48(4,5)27-35-29-58(57-56-35)20-22-68-24-26-69-25-23-67-21-19-50-39-10-8-9-37-43(39)46(64)60(45(37)63)40-15-16-42(61)55-44(40)62/h8-14,17-18,28-29,32,40,50H,15-16,19-27,30-31H2,1-7H3,(H,51,53,54)(H,55,61,62). The van der Waals surface area contributed by atoms with Gasteiger partial charge in [-0.15, -0.1) is 5.10 Å². The number of benzene rings is 2. The quantitative estimate of drug-likeness (QED) is 0.0477. The average Bonchev–Trinajstić information content (AvgIpc) is 3.98. The minimum Gasteiger partial charge on any atom is -0.382 e. The van der Waals surface area contributed by atoms with Gasteiger partial charge in [0.25, 0.3) is 11.8 Å². The molecule has 1 saturated heterocycles. The lowest BCUT2D eigenvalue weighted by Gasteiger charge is -2.34. The van der Waals surface area contributed by atoms with E-state index in [0.29, 0.717) is 82.9 Å². The van der Waals surface area contributed by atoms with Gasteiger partial charge in [0.05, 0.1) is 91.2 Å². The zero-order valence-electron chi connectivity index (χ0n) is 40.9. The summed E-state index contributed by atoms with van der Waals surface area (Å²) in [4.78, 5) is 65.0. The molecule has 4 amide bonds. The first-order chi connectivity index (χ1) is 33.3. The molecule has 0 saturated carbocycles. The van der Waals surface area contributed by atoms with Crippen molar-refractivity contribution in [2.45, 2.75) is 97.7 Å². The molecule has 5 aromatic rings. The number of aryl methyl sites for hydroxylation is 1. The summed E-state index contributed by atoms with van der Waals surface area (Å²) in [5.74, 6) is -0.940. The zero-order chi connectivity index (χ0) is 50.2. The number of piperidine rings is 1. The van der Waals surface area contributed by atoms with Crippen molar-refractivity contribution in [2.24, 2.45) is 10.8 Å². The first-order valence-electron chi connectivity index (χ1n) is 23.5. The molecule has 70 heavy (non-hydrogen) atoms. The SMILES string of the molecule is Cc1ncc(-c2ccnc(Nc3ccc(S(=O)(=O)CC(C)(C)CC(C)(C)Cc4cn(CCOCCOCCOCCNc5cccc6c5C(=O)N(C5CCC(=O)NC5=O)C6=O)nn4)cc3)n2)n1C(C)C. The van der Waals surface area contributed by atoms with E-state index in [4.69, 9.17) is 19.2 Å². The summed E-state index contributed by atoms with van der Waals surface area (Å²) >= 11 is 0. The van der Waals surface area contributed by atoms with Crippen molar-refractivity contribution in [2.75, 3.05) is 62.6 Å². The minimum absolute atomic E-state index is 0.0229. The van der Waals surface area contributed by atoms with Crippen LogP contribution in [0.3, 0.4) is 0 Å². The molecule has 0 bridgehead atoms. The van der Waals surface area contributed by atoms with Gasteiger partial charge >= 0.3 is 0 Å². The van der Waals surface area contributed by atoms with Crippen LogP contribution in [0, 0.1) is 17.8 Å². The normalized spacial score (nSPS) is 15.5. The molecule has 3 aromatic heterocycles. The Morgan fingerprint density at radius 1 is 0.871 bits per heavy atom. The van der Waals surface area contributed by atoms with E-state index in [9.17, 15) is 27.6 Å². The predicted octanol–water partition coefficient (Wildman–Crippen LogP) is 5.59. The van der Waals surface area contributed by atoms with Crippen LogP contribution in [-0.4, -0.2) is 129 Å². The van der Waals surface area contributed by atoms with Crippen molar-refractivity contribution in [3.63, 3.8) is 0 Å². The van der Waals surface area contributed by atoms with Crippen molar-refractivity contribution in [3.8, 4) is 11.4 Å². The Morgan fingerprint density at radius 3 is 2.30 bits per heavy atom. The van der Waals surface area contributed by atoms with Crippen molar-refractivity contribution < 1.29 is 41.8 Å². The molecule has 5 heterocycles. The lowest BCUT2D eigenvalue weighted by molar-refractivity contribution is -0.136. The Balaban J connectivity index is 0.763. The summed E-state index contributed by atoms with van der Waals surface area (Å²) in [6, 6.07) is 12.6. The summed E-state index contributed by atoms with van der Waals surface area (Å²) in [5, 5.41) is 17.2. The van der Waals surface area contributed by atoms with Crippen molar-refractivity contribution >= 4 is 50.8 Å². The maximum Gasteiger partial charge on any atom is 0.264 e. The third kappa shape index (κ3) is 12.9. The van der Waals surface area contributed by atoms with Gasteiger partial charge < -0.3 is 29.4 Å². The lowest BCUT2D eigenvalue weighted by atomic mass is 9.74. The summed E-state index contributed by atoms with van der Waals surface area (Å²) in [6.07, 6.45) is 6.78. The molecular weight excluding hydrogens is 919 g/mol. The molecule has 1 fully saturated rings. The molecule has 0 aliphatic carbocycles. The fourth-order valence-electron chi connectivity index (χ4n) is 9.38. The minimum atomic E-state index is -3.61. The van der Waals surface area contributed by atoms with Crippen LogP contribution in [0.2, 0.25) is 0 Å². The number of rotatable bonds is 25. The van der Waals surface area contributed by atoms with E-state index in [2.05, 4.69) is 68.5 Å². The number of fused-ring (bicyclic) bond motifs is 1. The molecular formula is C49H63N11O9S. The number of aromatic nitrogens is 7. The fourth-order valence-corrected chi connectivity index (χ4v) is 11.2. The second kappa shape index (κ2) is 22.1. The maximum atomic E-state index is 13.7. The molecule has 1 atom stereocenters. The van der Waals surface area contributed by atoms with Crippen LogP contribution in [0.1, 0.15) is 99.1 Å². The van der Waals surface area contributed by atoms with Gasteiger partial charge in [0.1, 0.15) is 11.9 Å². The van der Waals surface area contributed by atoms with Crippen molar-refractivity contribution in [3.05, 3.63) is 89.8 Å². The van der Waals surface area contributed by atoms with E-state index in [-0.39, 0.29) is 46.1 Å². The molecule has 374 valence electrons.